The van der Waals surface area contributed by atoms with E-state index in [1.54, 1.807) is 0 Å². The summed E-state index contributed by atoms with van der Waals surface area (Å²) in [5, 5.41) is 0. The standard InChI is InChI=1S/C11H19N3/c1-7(2)11-13-9-4-3-8(6-12)5-10(9)14-11/h7-8H,3-6,12H2,1-2H3,(H,13,14). The molecule has 0 fully saturated rings. The molecule has 0 bridgehead atoms. The number of nitrogens with one attached hydrogen (secondary N) is 1. The van der Waals surface area contributed by atoms with Gasteiger partial charge in [0.15, 0.2) is 0 Å². The number of fused-ring (bicyclic) bond motifs is 1. The zero-order valence-electron chi connectivity index (χ0n) is 9.01. The summed E-state index contributed by atoms with van der Waals surface area (Å²) in [4.78, 5) is 8.05. The maximum atomic E-state index is 5.69. The summed E-state index contributed by atoms with van der Waals surface area (Å²) < 4.78 is 0. The number of aromatic amines is 1. The number of rotatable bonds is 2. The van der Waals surface area contributed by atoms with Crippen molar-refractivity contribution in [3.8, 4) is 0 Å². The van der Waals surface area contributed by atoms with Crippen LogP contribution in [0.3, 0.4) is 0 Å². The van der Waals surface area contributed by atoms with E-state index in [9.17, 15) is 0 Å². The number of H-pyrrole nitrogens is 1. The molecule has 0 aliphatic heterocycles. The molecule has 1 heterocycles. The minimum absolute atomic E-state index is 0.497. The molecule has 0 spiro atoms. The van der Waals surface area contributed by atoms with Crippen molar-refractivity contribution < 1.29 is 0 Å². The number of nitrogens with zero attached hydrogens (tertiary/aromatic N) is 1. The largest absolute Gasteiger partial charge is 0.345 e. The summed E-state index contributed by atoms with van der Waals surface area (Å²) in [5.74, 6) is 2.28. The SMILES string of the molecule is CC(C)c1nc2c([nH]1)CC(CN)CC2. The molecule has 1 atom stereocenters. The van der Waals surface area contributed by atoms with E-state index in [0.717, 1.165) is 25.2 Å². The Kier molecular flexibility index (Phi) is 2.59. The zero-order valence-corrected chi connectivity index (χ0v) is 9.01. The van der Waals surface area contributed by atoms with Crippen LogP contribution in [-0.2, 0) is 12.8 Å². The lowest BCUT2D eigenvalue weighted by Crippen LogP contribution is -2.22. The van der Waals surface area contributed by atoms with Crippen LogP contribution in [0.25, 0.3) is 0 Å². The fraction of sp³-hybridized carbons (Fsp3) is 0.727. The summed E-state index contributed by atoms with van der Waals surface area (Å²) in [6.45, 7) is 5.14. The highest BCUT2D eigenvalue weighted by Gasteiger charge is 2.21. The Bertz CT molecular complexity index is 314. The highest BCUT2D eigenvalue weighted by Crippen LogP contribution is 2.24. The van der Waals surface area contributed by atoms with E-state index >= 15 is 0 Å². The number of hydrogen-bond acceptors (Lipinski definition) is 2. The molecule has 1 aromatic rings. The first-order chi connectivity index (χ1) is 6.70. The zero-order chi connectivity index (χ0) is 10.1. The van der Waals surface area contributed by atoms with Crippen LogP contribution >= 0.6 is 0 Å². The Balaban J connectivity index is 2.21. The van der Waals surface area contributed by atoms with Gasteiger partial charge in [0.05, 0.1) is 5.69 Å². The molecule has 3 nitrogen and oxygen atoms in total. The lowest BCUT2D eigenvalue weighted by molar-refractivity contribution is 0.461. The Morgan fingerprint density at radius 1 is 1.57 bits per heavy atom. The van der Waals surface area contributed by atoms with Gasteiger partial charge in [0.25, 0.3) is 0 Å². The van der Waals surface area contributed by atoms with Gasteiger partial charge >= 0.3 is 0 Å². The van der Waals surface area contributed by atoms with Crippen LogP contribution in [0.5, 0.6) is 0 Å². The fourth-order valence-electron chi connectivity index (χ4n) is 2.05. The summed E-state index contributed by atoms with van der Waals surface area (Å²) in [6.07, 6.45) is 3.39. The van der Waals surface area contributed by atoms with Crippen molar-refractivity contribution in [2.45, 2.75) is 39.0 Å². The first kappa shape index (κ1) is 9.71. The molecule has 0 saturated heterocycles. The molecule has 0 aromatic carbocycles. The Hall–Kier alpha value is -0.830. The number of imidazole rings is 1. The first-order valence-corrected chi connectivity index (χ1v) is 5.48. The number of hydrogen-bond donors (Lipinski definition) is 2. The van der Waals surface area contributed by atoms with Gasteiger partial charge in [-0.05, 0) is 31.7 Å². The van der Waals surface area contributed by atoms with Gasteiger partial charge in [-0.15, -0.1) is 0 Å². The van der Waals surface area contributed by atoms with Crippen LogP contribution in [0.4, 0.5) is 0 Å². The van der Waals surface area contributed by atoms with Gasteiger partial charge in [0.2, 0.25) is 0 Å². The predicted molar refractivity (Wildman–Crippen MR) is 57.2 cm³/mol. The third kappa shape index (κ3) is 1.69. The van der Waals surface area contributed by atoms with Crippen LogP contribution in [0.15, 0.2) is 0 Å². The van der Waals surface area contributed by atoms with Gasteiger partial charge in [-0.25, -0.2) is 4.98 Å². The molecule has 0 saturated carbocycles. The summed E-state index contributed by atoms with van der Waals surface area (Å²) >= 11 is 0. The summed E-state index contributed by atoms with van der Waals surface area (Å²) in [5.41, 5.74) is 8.30. The molecule has 3 N–H and O–H groups in total. The van der Waals surface area contributed by atoms with Crippen molar-refractivity contribution >= 4 is 0 Å². The Labute approximate surface area is 85.1 Å². The second-order valence-electron chi connectivity index (χ2n) is 4.55. The summed E-state index contributed by atoms with van der Waals surface area (Å²) in [6, 6.07) is 0. The quantitative estimate of drug-likeness (QED) is 0.749. The average molecular weight is 193 g/mol. The molecule has 1 aliphatic rings. The van der Waals surface area contributed by atoms with Crippen molar-refractivity contribution in [2.24, 2.45) is 11.7 Å². The second kappa shape index (κ2) is 3.73. The highest BCUT2D eigenvalue weighted by atomic mass is 14.9. The number of nitrogens with two attached hydrogens (primary N) is 1. The van der Waals surface area contributed by atoms with Crippen molar-refractivity contribution in [3.63, 3.8) is 0 Å². The van der Waals surface area contributed by atoms with Gasteiger partial charge in [-0.1, -0.05) is 13.8 Å². The molecule has 1 aromatic heterocycles. The monoisotopic (exact) mass is 193 g/mol. The smallest absolute Gasteiger partial charge is 0.109 e. The van der Waals surface area contributed by atoms with Crippen LogP contribution < -0.4 is 5.73 Å². The van der Waals surface area contributed by atoms with Gasteiger partial charge < -0.3 is 10.7 Å². The van der Waals surface area contributed by atoms with E-state index in [4.69, 9.17) is 5.73 Å². The molecule has 3 heteroatoms. The van der Waals surface area contributed by atoms with E-state index in [1.165, 1.54) is 17.8 Å². The summed E-state index contributed by atoms with van der Waals surface area (Å²) in [7, 11) is 0. The number of aryl methyl sites for hydroxylation is 1. The Morgan fingerprint density at radius 3 is 3.00 bits per heavy atom. The van der Waals surface area contributed by atoms with E-state index in [2.05, 4.69) is 23.8 Å². The van der Waals surface area contributed by atoms with Gasteiger partial charge in [0.1, 0.15) is 5.82 Å². The topological polar surface area (TPSA) is 54.7 Å². The third-order valence-electron chi connectivity index (χ3n) is 3.05. The van der Waals surface area contributed by atoms with Crippen LogP contribution in [0, 0.1) is 5.92 Å². The van der Waals surface area contributed by atoms with Gasteiger partial charge in [-0.3, -0.25) is 0 Å². The predicted octanol–water partition coefficient (Wildman–Crippen LogP) is 1.60. The van der Waals surface area contributed by atoms with Crippen LogP contribution in [-0.4, -0.2) is 16.5 Å². The van der Waals surface area contributed by atoms with Crippen molar-refractivity contribution in [1.82, 2.24) is 9.97 Å². The second-order valence-corrected chi connectivity index (χ2v) is 4.55. The minimum atomic E-state index is 0.497. The number of aromatic nitrogens is 2. The fourth-order valence-corrected chi connectivity index (χ4v) is 2.05. The van der Waals surface area contributed by atoms with E-state index in [-0.39, 0.29) is 0 Å². The van der Waals surface area contributed by atoms with Crippen molar-refractivity contribution in [1.29, 1.82) is 0 Å². The van der Waals surface area contributed by atoms with Crippen molar-refractivity contribution in [3.05, 3.63) is 17.2 Å². The average Bonchev–Trinajstić information content (AvgIpc) is 2.59. The maximum Gasteiger partial charge on any atom is 0.109 e. The van der Waals surface area contributed by atoms with Crippen LogP contribution in [0.2, 0.25) is 0 Å². The molecule has 78 valence electrons. The molecule has 14 heavy (non-hydrogen) atoms. The molecule has 1 unspecified atom stereocenters. The minimum Gasteiger partial charge on any atom is -0.345 e. The molecular weight excluding hydrogens is 174 g/mol. The van der Waals surface area contributed by atoms with Crippen molar-refractivity contribution in [2.75, 3.05) is 6.54 Å². The maximum absolute atomic E-state index is 5.69. The van der Waals surface area contributed by atoms with E-state index in [1.807, 2.05) is 0 Å². The van der Waals surface area contributed by atoms with Gasteiger partial charge in [0, 0.05) is 11.6 Å². The highest BCUT2D eigenvalue weighted by molar-refractivity contribution is 5.19. The molecule has 2 rings (SSSR count). The molecular formula is C11H19N3. The van der Waals surface area contributed by atoms with Crippen LogP contribution in [0.1, 0.15) is 43.4 Å². The van der Waals surface area contributed by atoms with Gasteiger partial charge in [-0.2, -0.15) is 0 Å². The normalized spacial score (nSPS) is 21.3. The Morgan fingerprint density at radius 2 is 2.36 bits per heavy atom. The van der Waals surface area contributed by atoms with E-state index < -0.39 is 0 Å². The lowest BCUT2D eigenvalue weighted by Gasteiger charge is -2.18. The van der Waals surface area contributed by atoms with E-state index in [0.29, 0.717) is 11.8 Å². The third-order valence-corrected chi connectivity index (χ3v) is 3.05. The first-order valence-electron chi connectivity index (χ1n) is 5.48. The molecule has 1 aliphatic carbocycles. The molecule has 0 amide bonds. The molecule has 0 radical (unpaired) electrons. The lowest BCUT2D eigenvalue weighted by atomic mass is 9.90.